The monoisotopic (exact) mass is 482 g/mol. The molecular weight excluding hydrogens is 424 g/mol. The predicted octanol–water partition coefficient (Wildman–Crippen LogP) is 11.4. The molecule has 0 amide bonds. The van der Waals surface area contributed by atoms with Crippen molar-refractivity contribution in [2.45, 2.75) is 146 Å². The summed E-state index contributed by atoms with van der Waals surface area (Å²) in [5.41, 5.74) is 8.71. The van der Waals surface area contributed by atoms with Crippen LogP contribution in [0.4, 0.5) is 0 Å². The van der Waals surface area contributed by atoms with Crippen LogP contribution in [0, 0.1) is 0 Å². The van der Waals surface area contributed by atoms with Gasteiger partial charge in [-0.2, -0.15) is 0 Å². The van der Waals surface area contributed by atoms with Crippen molar-refractivity contribution in [2.75, 3.05) is 0 Å². The first-order valence-corrected chi connectivity index (χ1v) is 14.1. The Bertz CT molecular complexity index is 681. The van der Waals surface area contributed by atoms with Gasteiger partial charge in [0.1, 0.15) is 0 Å². The van der Waals surface area contributed by atoms with Crippen LogP contribution >= 0.6 is 0 Å². The van der Waals surface area contributed by atoms with Gasteiger partial charge in [0.2, 0.25) is 0 Å². The summed E-state index contributed by atoms with van der Waals surface area (Å²) in [7, 11) is 0. The minimum atomic E-state index is 0.198. The van der Waals surface area contributed by atoms with Crippen molar-refractivity contribution < 1.29 is 4.74 Å². The molecule has 0 saturated carbocycles. The Hall–Kier alpha value is -1.60. The lowest BCUT2D eigenvalue weighted by Gasteiger charge is -2.20. The molecule has 1 nitrogen and oxygen atoms in total. The van der Waals surface area contributed by atoms with Crippen molar-refractivity contribution in [3.8, 4) is 0 Å². The van der Waals surface area contributed by atoms with E-state index in [-0.39, 0.29) is 12.2 Å². The molecule has 200 valence electrons. The summed E-state index contributed by atoms with van der Waals surface area (Å²) >= 11 is 0. The minimum absolute atomic E-state index is 0.198. The van der Waals surface area contributed by atoms with Crippen molar-refractivity contribution >= 4 is 0 Å². The van der Waals surface area contributed by atoms with E-state index in [2.05, 4.69) is 106 Å². The van der Waals surface area contributed by atoms with Gasteiger partial charge in [-0.15, -0.1) is 0 Å². The molecule has 2 unspecified atom stereocenters. The molecular formula is C34H58O. The van der Waals surface area contributed by atoms with Crippen molar-refractivity contribution in [1.82, 2.24) is 0 Å². The van der Waals surface area contributed by atoms with Crippen LogP contribution in [0.25, 0.3) is 0 Å². The third-order valence-corrected chi connectivity index (χ3v) is 6.34. The summed E-state index contributed by atoms with van der Waals surface area (Å²) in [5, 5.41) is 0. The second kappa shape index (κ2) is 20.6. The largest absolute Gasteiger partial charge is 0.367 e. The van der Waals surface area contributed by atoms with Gasteiger partial charge >= 0.3 is 0 Å². The Balaban J connectivity index is 4.68. The van der Waals surface area contributed by atoms with E-state index in [1.807, 2.05) is 0 Å². The van der Waals surface area contributed by atoms with Crippen molar-refractivity contribution in [1.29, 1.82) is 0 Å². The molecule has 0 aromatic carbocycles. The van der Waals surface area contributed by atoms with E-state index in [0.29, 0.717) is 0 Å². The number of hydrogen-bond donors (Lipinski definition) is 0. The number of hydrogen-bond acceptors (Lipinski definition) is 1. The summed E-state index contributed by atoms with van der Waals surface area (Å²) in [6.07, 6.45) is 25.8. The number of allylic oxidation sites excluding steroid dienone is 10. The number of ether oxygens (including phenoxy) is 1. The topological polar surface area (TPSA) is 9.23 Å². The van der Waals surface area contributed by atoms with E-state index in [0.717, 1.165) is 51.4 Å². The fourth-order valence-electron chi connectivity index (χ4n) is 4.01. The molecule has 0 aliphatic carbocycles. The molecule has 0 heterocycles. The molecule has 0 aliphatic heterocycles. The van der Waals surface area contributed by atoms with Gasteiger partial charge in [-0.3, -0.25) is 0 Å². The van der Waals surface area contributed by atoms with Gasteiger partial charge in [-0.25, -0.2) is 0 Å². The molecule has 0 aromatic heterocycles. The highest BCUT2D eigenvalue weighted by atomic mass is 16.5. The van der Waals surface area contributed by atoms with Gasteiger partial charge in [-0.05, 0) is 120 Å². The van der Waals surface area contributed by atoms with Crippen LogP contribution in [0.2, 0.25) is 0 Å². The fourth-order valence-corrected chi connectivity index (χ4v) is 4.01. The highest BCUT2D eigenvalue weighted by Gasteiger charge is 2.11. The lowest BCUT2D eigenvalue weighted by atomic mass is 10.0. The van der Waals surface area contributed by atoms with Crippen LogP contribution in [-0.4, -0.2) is 12.2 Å². The molecule has 0 bridgehead atoms. The van der Waals surface area contributed by atoms with Crippen molar-refractivity contribution in [3.05, 3.63) is 69.9 Å². The van der Waals surface area contributed by atoms with Crippen LogP contribution in [0.5, 0.6) is 0 Å². The molecule has 0 radical (unpaired) electrons. The minimum Gasteiger partial charge on any atom is -0.367 e. The molecule has 0 aromatic rings. The van der Waals surface area contributed by atoms with E-state index < -0.39 is 0 Å². The zero-order valence-corrected chi connectivity index (χ0v) is 25.1. The summed E-state index contributed by atoms with van der Waals surface area (Å²) in [4.78, 5) is 0. The Labute approximate surface area is 220 Å². The molecule has 0 rings (SSSR count). The van der Waals surface area contributed by atoms with Crippen molar-refractivity contribution in [3.63, 3.8) is 0 Å². The second-order valence-electron chi connectivity index (χ2n) is 10.9. The molecule has 0 N–H and O–H groups in total. The summed E-state index contributed by atoms with van der Waals surface area (Å²) in [6, 6.07) is 0. The van der Waals surface area contributed by atoms with Gasteiger partial charge in [0.15, 0.2) is 0 Å². The second-order valence-corrected chi connectivity index (χ2v) is 10.9. The van der Waals surface area contributed by atoms with Gasteiger partial charge in [0, 0.05) is 0 Å². The van der Waals surface area contributed by atoms with Crippen LogP contribution in [0.15, 0.2) is 69.9 Å². The first-order chi connectivity index (χ1) is 16.6. The Morgan fingerprint density at radius 2 is 0.800 bits per heavy atom. The van der Waals surface area contributed by atoms with Gasteiger partial charge < -0.3 is 4.74 Å². The smallest absolute Gasteiger partial charge is 0.0763 e. The maximum Gasteiger partial charge on any atom is 0.0763 e. The van der Waals surface area contributed by atoms with Crippen LogP contribution in [0.3, 0.4) is 0 Å². The van der Waals surface area contributed by atoms with E-state index in [1.54, 1.807) is 0 Å². The zero-order valence-electron chi connectivity index (χ0n) is 25.1. The Kier molecular flexibility index (Phi) is 19.6. The average molecular weight is 483 g/mol. The van der Waals surface area contributed by atoms with Crippen LogP contribution < -0.4 is 0 Å². The maximum absolute atomic E-state index is 6.50. The standard InChI is InChI=1S/C34H58O/c1-11-33(25-31(9)23-15-21-29(7)19-13-17-27(3)4)35-34(12-2)26-32(10)24-16-22-30(8)20-14-18-28(5)6/h17-18,21-22,25-26,33-34H,11-16,19-20,23-24H2,1-10H3. The van der Waals surface area contributed by atoms with E-state index in [4.69, 9.17) is 4.74 Å². The van der Waals surface area contributed by atoms with Gasteiger partial charge in [0.25, 0.3) is 0 Å². The summed E-state index contributed by atoms with van der Waals surface area (Å²) in [6.45, 7) is 22.2. The third kappa shape index (κ3) is 20.3. The fraction of sp³-hybridized carbons (Fsp3) is 0.647. The Morgan fingerprint density at radius 1 is 0.486 bits per heavy atom. The lowest BCUT2D eigenvalue weighted by molar-refractivity contribution is 0.0365. The zero-order chi connectivity index (χ0) is 26.6. The highest BCUT2D eigenvalue weighted by Crippen LogP contribution is 2.18. The normalized spacial score (nSPS) is 15.1. The number of rotatable bonds is 18. The summed E-state index contributed by atoms with van der Waals surface area (Å²) in [5.74, 6) is 0. The SMILES string of the molecule is CCC(C=C(C)CCC=C(C)CCC=C(C)C)OC(C=C(C)CCC=C(C)CCC=C(C)C)CC. The molecule has 0 fully saturated rings. The molecule has 0 saturated heterocycles. The molecule has 0 aliphatic rings. The van der Waals surface area contributed by atoms with E-state index in [9.17, 15) is 0 Å². The van der Waals surface area contributed by atoms with E-state index in [1.165, 1.54) is 46.3 Å². The first-order valence-electron chi connectivity index (χ1n) is 14.1. The maximum atomic E-state index is 6.50. The molecule has 0 spiro atoms. The third-order valence-electron chi connectivity index (χ3n) is 6.34. The van der Waals surface area contributed by atoms with Crippen LogP contribution in [0.1, 0.15) is 133 Å². The van der Waals surface area contributed by atoms with Crippen LogP contribution in [-0.2, 0) is 4.74 Å². The van der Waals surface area contributed by atoms with Gasteiger partial charge in [-0.1, -0.05) is 83.7 Å². The Morgan fingerprint density at radius 3 is 1.11 bits per heavy atom. The molecule has 2 atom stereocenters. The highest BCUT2D eigenvalue weighted by molar-refractivity contribution is 5.09. The predicted molar refractivity (Wildman–Crippen MR) is 160 cm³/mol. The quantitative estimate of drug-likeness (QED) is 0.176. The van der Waals surface area contributed by atoms with E-state index >= 15 is 0 Å². The summed E-state index contributed by atoms with van der Waals surface area (Å²) < 4.78 is 6.50. The molecule has 1 heteroatoms. The first kappa shape index (κ1) is 33.4. The van der Waals surface area contributed by atoms with Crippen molar-refractivity contribution in [2.24, 2.45) is 0 Å². The lowest BCUT2D eigenvalue weighted by Crippen LogP contribution is -2.18. The van der Waals surface area contributed by atoms with Gasteiger partial charge in [0.05, 0.1) is 12.2 Å². The molecule has 35 heavy (non-hydrogen) atoms. The average Bonchev–Trinajstić information content (AvgIpc) is 2.77.